The summed E-state index contributed by atoms with van der Waals surface area (Å²) in [6.07, 6.45) is 1.05. The van der Waals surface area contributed by atoms with Crippen LogP contribution in [0.4, 0.5) is 5.00 Å². The van der Waals surface area contributed by atoms with Gasteiger partial charge < -0.3 is 10.1 Å². The number of amides is 1. The van der Waals surface area contributed by atoms with E-state index in [2.05, 4.69) is 29.3 Å². The Kier molecular flexibility index (Phi) is 7.02. The van der Waals surface area contributed by atoms with Crippen LogP contribution in [0.1, 0.15) is 40.2 Å². The zero-order chi connectivity index (χ0) is 22.5. The fourth-order valence-corrected chi connectivity index (χ4v) is 5.33. The third kappa shape index (κ3) is 4.92. The number of rotatable bonds is 7. The molecule has 3 aromatic rings. The number of nitrogens with zero attached hydrogens (tertiary/aromatic N) is 1. The highest BCUT2D eigenvalue weighted by atomic mass is 32.1. The molecule has 2 aromatic carbocycles. The molecule has 2 heterocycles. The number of esters is 1. The van der Waals surface area contributed by atoms with Crippen LogP contribution in [-0.4, -0.2) is 36.5 Å². The van der Waals surface area contributed by atoms with Gasteiger partial charge in [-0.1, -0.05) is 61.5 Å². The molecule has 1 aliphatic heterocycles. The van der Waals surface area contributed by atoms with Crippen molar-refractivity contribution in [3.63, 3.8) is 0 Å². The van der Waals surface area contributed by atoms with Crippen LogP contribution in [-0.2, 0) is 28.9 Å². The van der Waals surface area contributed by atoms with E-state index in [1.165, 1.54) is 11.3 Å². The first kappa shape index (κ1) is 22.2. The lowest BCUT2D eigenvalue weighted by atomic mass is 10.0. The molecule has 5 nitrogen and oxygen atoms in total. The second-order valence-corrected chi connectivity index (χ2v) is 8.94. The summed E-state index contributed by atoms with van der Waals surface area (Å²) >= 11 is 1.50. The zero-order valence-corrected chi connectivity index (χ0v) is 19.3. The summed E-state index contributed by atoms with van der Waals surface area (Å²) in [5, 5.41) is 3.60. The van der Waals surface area contributed by atoms with Crippen LogP contribution < -0.4 is 5.32 Å². The molecule has 0 spiro atoms. The van der Waals surface area contributed by atoms with Crippen molar-refractivity contribution in [2.75, 3.05) is 25.0 Å². The Balaban J connectivity index is 1.50. The Bertz CT molecular complexity index is 1090. The summed E-state index contributed by atoms with van der Waals surface area (Å²) in [5.74, 6) is -0.480. The number of nitrogens with one attached hydrogen (secondary N) is 1. The maximum absolute atomic E-state index is 12.8. The van der Waals surface area contributed by atoms with Crippen molar-refractivity contribution in [1.82, 2.24) is 4.90 Å². The van der Waals surface area contributed by atoms with Crippen molar-refractivity contribution < 1.29 is 14.3 Å². The van der Waals surface area contributed by atoms with Gasteiger partial charge in [-0.25, -0.2) is 4.79 Å². The van der Waals surface area contributed by atoms with Crippen LogP contribution in [0.3, 0.4) is 0 Å². The Hall–Kier alpha value is -2.96. The molecule has 0 radical (unpaired) electrons. The fourth-order valence-electron chi connectivity index (χ4n) is 4.04. The molecule has 0 saturated carbocycles. The molecule has 4 rings (SSSR count). The molecule has 166 valence electrons. The number of hydrogen-bond acceptors (Lipinski definition) is 5. The lowest BCUT2D eigenvalue weighted by Gasteiger charge is -2.25. The van der Waals surface area contributed by atoms with Gasteiger partial charge in [0, 0.05) is 18.0 Å². The van der Waals surface area contributed by atoms with Crippen LogP contribution in [0.2, 0.25) is 0 Å². The maximum Gasteiger partial charge on any atom is 0.341 e. The minimum Gasteiger partial charge on any atom is -0.462 e. The number of carbonyl (C=O) groups excluding carboxylic acids is 2. The summed E-state index contributed by atoms with van der Waals surface area (Å²) in [5.41, 5.74) is 4.76. The van der Waals surface area contributed by atoms with E-state index in [0.717, 1.165) is 53.2 Å². The van der Waals surface area contributed by atoms with E-state index in [-0.39, 0.29) is 18.3 Å². The van der Waals surface area contributed by atoms with Crippen molar-refractivity contribution in [2.45, 2.75) is 33.2 Å². The molecule has 1 aliphatic rings. The molecular weight excluding hydrogens is 420 g/mol. The SMILES string of the molecule is CCOC(=O)c1c(NC(=O)Cc2ccc(-c3ccccc3)cc2)sc2c1CCN(CC)C2. The first-order chi connectivity index (χ1) is 15.6. The number of thiophene rings is 1. The summed E-state index contributed by atoms with van der Waals surface area (Å²) in [6, 6.07) is 18.2. The molecule has 0 unspecified atom stereocenters. The number of carbonyl (C=O) groups is 2. The van der Waals surface area contributed by atoms with Gasteiger partial charge in [-0.05, 0) is 42.1 Å². The van der Waals surface area contributed by atoms with Gasteiger partial charge >= 0.3 is 5.97 Å². The number of hydrogen-bond donors (Lipinski definition) is 1. The van der Waals surface area contributed by atoms with E-state index < -0.39 is 0 Å². The van der Waals surface area contributed by atoms with Crippen LogP contribution in [0.5, 0.6) is 0 Å². The van der Waals surface area contributed by atoms with Crippen molar-refractivity contribution in [1.29, 1.82) is 0 Å². The molecule has 1 N–H and O–H groups in total. The quantitative estimate of drug-likeness (QED) is 0.508. The van der Waals surface area contributed by atoms with Crippen LogP contribution in [0, 0.1) is 0 Å². The van der Waals surface area contributed by atoms with Crippen molar-refractivity contribution in [3.8, 4) is 11.1 Å². The van der Waals surface area contributed by atoms with Gasteiger partial charge in [-0.2, -0.15) is 0 Å². The van der Waals surface area contributed by atoms with Gasteiger partial charge in [-0.3, -0.25) is 9.69 Å². The second kappa shape index (κ2) is 10.1. The number of likely N-dealkylation sites (N-methyl/N-ethyl adjacent to an activating group) is 1. The molecule has 1 aromatic heterocycles. The molecule has 1 amide bonds. The summed E-state index contributed by atoms with van der Waals surface area (Å²) in [6.45, 7) is 6.93. The van der Waals surface area contributed by atoms with Gasteiger partial charge in [0.25, 0.3) is 0 Å². The fraction of sp³-hybridized carbons (Fsp3) is 0.308. The average molecular weight is 449 g/mol. The number of anilines is 1. The normalized spacial score (nSPS) is 13.4. The van der Waals surface area contributed by atoms with Gasteiger partial charge in [0.15, 0.2) is 0 Å². The van der Waals surface area contributed by atoms with Crippen LogP contribution >= 0.6 is 11.3 Å². The van der Waals surface area contributed by atoms with Crippen LogP contribution in [0.25, 0.3) is 11.1 Å². The first-order valence-corrected chi connectivity index (χ1v) is 11.9. The highest BCUT2D eigenvalue weighted by Crippen LogP contribution is 2.37. The molecule has 0 aliphatic carbocycles. The smallest absolute Gasteiger partial charge is 0.341 e. The van der Waals surface area contributed by atoms with E-state index in [4.69, 9.17) is 4.74 Å². The van der Waals surface area contributed by atoms with E-state index in [1.54, 1.807) is 6.92 Å². The molecule has 6 heteroatoms. The van der Waals surface area contributed by atoms with Gasteiger partial charge in [0.05, 0.1) is 18.6 Å². The van der Waals surface area contributed by atoms with Crippen molar-refractivity contribution >= 4 is 28.2 Å². The Labute approximate surface area is 193 Å². The lowest BCUT2D eigenvalue weighted by Crippen LogP contribution is -2.30. The molecule has 32 heavy (non-hydrogen) atoms. The summed E-state index contributed by atoms with van der Waals surface area (Å²) in [7, 11) is 0. The van der Waals surface area contributed by atoms with E-state index in [0.29, 0.717) is 17.2 Å². The third-order valence-corrected chi connectivity index (χ3v) is 6.87. The Morgan fingerprint density at radius 3 is 2.44 bits per heavy atom. The molecule has 0 saturated heterocycles. The highest BCUT2D eigenvalue weighted by Gasteiger charge is 2.29. The van der Waals surface area contributed by atoms with Gasteiger partial charge in [-0.15, -0.1) is 11.3 Å². The topological polar surface area (TPSA) is 58.6 Å². The minimum atomic E-state index is -0.350. The second-order valence-electron chi connectivity index (χ2n) is 7.84. The first-order valence-electron chi connectivity index (χ1n) is 11.1. The highest BCUT2D eigenvalue weighted by molar-refractivity contribution is 7.17. The van der Waals surface area contributed by atoms with Crippen LogP contribution in [0.15, 0.2) is 54.6 Å². The minimum absolute atomic E-state index is 0.131. The van der Waals surface area contributed by atoms with E-state index >= 15 is 0 Å². The molecular formula is C26H28N2O3S. The zero-order valence-electron chi connectivity index (χ0n) is 18.5. The number of fused-ring (bicyclic) bond motifs is 1. The third-order valence-electron chi connectivity index (χ3n) is 5.74. The lowest BCUT2D eigenvalue weighted by molar-refractivity contribution is -0.115. The standard InChI is InChI=1S/C26H28N2O3S/c1-3-28-15-14-21-22(17-28)32-25(24(21)26(30)31-4-2)27-23(29)16-18-10-12-20(13-11-18)19-8-6-5-7-9-19/h5-13H,3-4,14-17H2,1-2H3,(H,27,29). The van der Waals surface area contributed by atoms with Gasteiger partial charge in [0.1, 0.15) is 5.00 Å². The predicted octanol–water partition coefficient (Wildman–Crippen LogP) is 5.15. The molecule has 0 bridgehead atoms. The summed E-state index contributed by atoms with van der Waals surface area (Å²) < 4.78 is 5.30. The predicted molar refractivity (Wildman–Crippen MR) is 129 cm³/mol. The maximum atomic E-state index is 12.8. The Morgan fingerprint density at radius 2 is 1.75 bits per heavy atom. The van der Waals surface area contributed by atoms with Gasteiger partial charge in [0.2, 0.25) is 5.91 Å². The molecule has 0 atom stereocenters. The summed E-state index contributed by atoms with van der Waals surface area (Å²) in [4.78, 5) is 29.0. The number of benzene rings is 2. The van der Waals surface area contributed by atoms with E-state index in [1.807, 2.05) is 42.5 Å². The monoisotopic (exact) mass is 448 g/mol. The van der Waals surface area contributed by atoms with Crippen molar-refractivity contribution in [2.24, 2.45) is 0 Å². The largest absolute Gasteiger partial charge is 0.462 e. The van der Waals surface area contributed by atoms with E-state index in [9.17, 15) is 9.59 Å². The number of ether oxygens (including phenoxy) is 1. The molecule has 0 fully saturated rings. The average Bonchev–Trinajstić information content (AvgIpc) is 3.17. The Morgan fingerprint density at radius 1 is 1.03 bits per heavy atom. The van der Waals surface area contributed by atoms with Crippen molar-refractivity contribution in [3.05, 3.63) is 76.2 Å².